The highest BCUT2D eigenvalue weighted by Crippen LogP contribution is 2.57. The molecule has 0 aliphatic carbocycles. The van der Waals surface area contributed by atoms with Crippen LogP contribution in [0.3, 0.4) is 0 Å². The minimum absolute atomic E-state index is 0.118. The van der Waals surface area contributed by atoms with Crippen LogP contribution >= 0.6 is 69.6 Å². The largest absolute Gasteiger partial charge is 0.448 e. The van der Waals surface area contributed by atoms with Gasteiger partial charge in [-0.1, -0.05) is 69.6 Å². The van der Waals surface area contributed by atoms with E-state index in [0.717, 1.165) is 0 Å². The van der Waals surface area contributed by atoms with E-state index < -0.39 is 0 Å². The third kappa shape index (κ3) is 2.19. The molecule has 1 aliphatic heterocycles. The van der Waals surface area contributed by atoms with Crippen LogP contribution in [-0.2, 0) is 0 Å². The van der Waals surface area contributed by atoms with Gasteiger partial charge in [0.05, 0.1) is 20.1 Å². The number of halogens is 6. The maximum atomic E-state index is 6.08. The van der Waals surface area contributed by atoms with Crippen molar-refractivity contribution in [3.05, 3.63) is 42.3 Å². The lowest BCUT2D eigenvalue weighted by Crippen LogP contribution is -2.01. The number of rotatable bonds is 0. The molecule has 0 aromatic heterocycles. The van der Waals surface area contributed by atoms with E-state index in [1.807, 2.05) is 0 Å². The molecule has 0 atom stereocenters. The number of ether oxygens (including phenoxy) is 2. The van der Waals surface area contributed by atoms with E-state index in [2.05, 4.69) is 0 Å². The molecule has 3 rings (SSSR count). The monoisotopic (exact) mass is 388 g/mol. The van der Waals surface area contributed by atoms with Gasteiger partial charge in [0.2, 0.25) is 0 Å². The second kappa shape index (κ2) is 5.20. The molecule has 0 saturated carbocycles. The van der Waals surface area contributed by atoms with Crippen molar-refractivity contribution < 1.29 is 9.47 Å². The lowest BCUT2D eigenvalue weighted by molar-refractivity contribution is 0.360. The summed E-state index contributed by atoms with van der Waals surface area (Å²) in [5, 5.41) is 1.16. The van der Waals surface area contributed by atoms with Gasteiger partial charge < -0.3 is 9.47 Å². The van der Waals surface area contributed by atoms with Gasteiger partial charge in [-0.15, -0.1) is 0 Å². The molecule has 0 radical (unpaired) electrons. The molecule has 2 nitrogen and oxygen atoms in total. The molecule has 0 unspecified atom stereocenters. The van der Waals surface area contributed by atoms with E-state index in [0.29, 0.717) is 0 Å². The van der Waals surface area contributed by atoms with Crippen LogP contribution in [0.25, 0.3) is 0 Å². The summed E-state index contributed by atoms with van der Waals surface area (Å²) in [6.45, 7) is 0. The van der Waals surface area contributed by atoms with E-state index in [9.17, 15) is 0 Å². The minimum atomic E-state index is 0.118. The zero-order valence-corrected chi connectivity index (χ0v) is 13.8. The highest BCUT2D eigenvalue weighted by molar-refractivity contribution is 6.49. The zero-order chi connectivity index (χ0) is 14.6. The van der Waals surface area contributed by atoms with Crippen LogP contribution in [0.2, 0.25) is 30.1 Å². The lowest BCUT2D eigenvalue weighted by Gasteiger charge is -2.24. The molecule has 0 spiro atoms. The first-order chi connectivity index (χ1) is 9.40. The maximum Gasteiger partial charge on any atom is 0.191 e. The van der Waals surface area contributed by atoms with Crippen LogP contribution < -0.4 is 9.47 Å². The van der Waals surface area contributed by atoms with Crippen LogP contribution in [0.1, 0.15) is 0 Å². The minimum Gasteiger partial charge on any atom is -0.448 e. The Morgan fingerprint density at radius 2 is 1.20 bits per heavy atom. The Balaban J connectivity index is 2.24. The highest BCUT2D eigenvalue weighted by Gasteiger charge is 2.29. The summed E-state index contributed by atoms with van der Waals surface area (Å²) in [6, 6.07) is 2.94. The first-order valence-electron chi connectivity index (χ1n) is 5.11. The smallest absolute Gasteiger partial charge is 0.191 e. The van der Waals surface area contributed by atoms with Gasteiger partial charge in [-0.25, -0.2) is 0 Å². The van der Waals surface area contributed by atoms with Crippen molar-refractivity contribution in [2.24, 2.45) is 0 Å². The van der Waals surface area contributed by atoms with E-state index in [1.165, 1.54) is 12.1 Å². The summed E-state index contributed by atoms with van der Waals surface area (Å²) in [5.74, 6) is 0.908. The maximum absolute atomic E-state index is 6.08. The predicted octanol–water partition coefficient (Wildman–Crippen LogP) is 7.50. The van der Waals surface area contributed by atoms with Gasteiger partial charge >= 0.3 is 0 Å². The third-order valence-electron chi connectivity index (χ3n) is 2.59. The molecule has 8 heteroatoms. The fourth-order valence-electron chi connectivity index (χ4n) is 1.68. The number of hydrogen-bond acceptors (Lipinski definition) is 2. The Morgan fingerprint density at radius 1 is 0.550 bits per heavy atom. The summed E-state index contributed by atoms with van der Waals surface area (Å²) < 4.78 is 11.3. The van der Waals surface area contributed by atoms with Crippen LogP contribution in [0.15, 0.2) is 12.1 Å². The second-order valence-electron chi connectivity index (χ2n) is 3.83. The summed E-state index contributed by atoms with van der Waals surface area (Å²) in [5.41, 5.74) is 0. The molecule has 20 heavy (non-hydrogen) atoms. The third-order valence-corrected chi connectivity index (χ3v) is 4.88. The Labute approximate surface area is 144 Å². The van der Waals surface area contributed by atoms with Gasteiger partial charge in [-0.3, -0.25) is 0 Å². The van der Waals surface area contributed by atoms with Gasteiger partial charge in [0, 0.05) is 6.07 Å². The topological polar surface area (TPSA) is 18.5 Å². The SMILES string of the molecule is Clc1cc2c(c(Cl)c1Cl)Oc1c(Cl)c(Cl)cc(Cl)c1O2. The summed E-state index contributed by atoms with van der Waals surface area (Å²) in [7, 11) is 0. The highest BCUT2D eigenvalue weighted by atomic mass is 35.5. The molecule has 0 fully saturated rings. The van der Waals surface area contributed by atoms with Crippen molar-refractivity contribution in [1.82, 2.24) is 0 Å². The molecular weight excluding hydrogens is 389 g/mol. The van der Waals surface area contributed by atoms with Crippen molar-refractivity contribution in [1.29, 1.82) is 0 Å². The molecule has 1 aliphatic rings. The Bertz CT molecular complexity index is 744. The summed E-state index contributed by atoms with van der Waals surface area (Å²) in [6.07, 6.45) is 0. The van der Waals surface area contributed by atoms with Crippen LogP contribution in [0, 0.1) is 0 Å². The van der Waals surface area contributed by atoms with Crippen LogP contribution in [0.5, 0.6) is 23.0 Å². The second-order valence-corrected chi connectivity index (χ2v) is 6.19. The van der Waals surface area contributed by atoms with Gasteiger partial charge in [0.25, 0.3) is 0 Å². The normalized spacial score (nSPS) is 12.3. The van der Waals surface area contributed by atoms with E-state index >= 15 is 0 Å². The first kappa shape index (κ1) is 14.7. The van der Waals surface area contributed by atoms with Gasteiger partial charge in [0.1, 0.15) is 10.0 Å². The van der Waals surface area contributed by atoms with Crippen molar-refractivity contribution >= 4 is 69.6 Å². The first-order valence-corrected chi connectivity index (χ1v) is 7.37. The van der Waals surface area contributed by atoms with Crippen molar-refractivity contribution in [2.45, 2.75) is 0 Å². The van der Waals surface area contributed by atoms with Crippen molar-refractivity contribution in [3.63, 3.8) is 0 Å². The predicted molar refractivity (Wildman–Crippen MR) is 83.1 cm³/mol. The summed E-state index contributed by atoms with van der Waals surface area (Å²) in [4.78, 5) is 0. The van der Waals surface area contributed by atoms with E-state index in [4.69, 9.17) is 79.1 Å². The average Bonchev–Trinajstić information content (AvgIpc) is 2.41. The van der Waals surface area contributed by atoms with Gasteiger partial charge in [-0.2, -0.15) is 0 Å². The van der Waals surface area contributed by atoms with Crippen LogP contribution in [0.4, 0.5) is 0 Å². The molecule has 0 N–H and O–H groups in total. The number of hydrogen-bond donors (Lipinski definition) is 0. The van der Waals surface area contributed by atoms with Crippen molar-refractivity contribution in [2.75, 3.05) is 0 Å². The van der Waals surface area contributed by atoms with E-state index in [1.54, 1.807) is 0 Å². The average molecular weight is 391 g/mol. The lowest BCUT2D eigenvalue weighted by atomic mass is 10.2. The molecule has 0 bridgehead atoms. The molecule has 2 aromatic carbocycles. The molecule has 104 valence electrons. The zero-order valence-electron chi connectivity index (χ0n) is 9.24. The molecular formula is C12H2Cl6O2. The van der Waals surface area contributed by atoms with Gasteiger partial charge in [0.15, 0.2) is 23.0 Å². The quantitative estimate of drug-likeness (QED) is 0.292. The number of benzene rings is 2. The Kier molecular flexibility index (Phi) is 3.83. The molecule has 0 saturated heterocycles. The Hall–Kier alpha value is -0.220. The fraction of sp³-hybridized carbons (Fsp3) is 0. The Morgan fingerprint density at radius 3 is 1.90 bits per heavy atom. The van der Waals surface area contributed by atoms with Gasteiger partial charge in [-0.05, 0) is 6.07 Å². The fourth-order valence-corrected chi connectivity index (χ4v) is 2.96. The molecule has 2 aromatic rings. The van der Waals surface area contributed by atoms with E-state index in [-0.39, 0.29) is 53.1 Å². The molecule has 1 heterocycles. The summed E-state index contributed by atoms with van der Waals surface area (Å²) >= 11 is 36.1. The molecule has 0 amide bonds. The van der Waals surface area contributed by atoms with Crippen LogP contribution in [-0.4, -0.2) is 0 Å². The van der Waals surface area contributed by atoms with Crippen molar-refractivity contribution in [3.8, 4) is 23.0 Å². The standard InChI is InChI=1S/C12H2Cl6O2/c13-3-1-5(15)10-12(8(3)17)20-11-6(19-10)2-4(14)7(16)9(11)18/h1-2H. The number of fused-ring (bicyclic) bond motifs is 2.